The zero-order chi connectivity index (χ0) is 25.9. The number of halogens is 1. The average molecular weight is 507 g/mol. The Balaban J connectivity index is 1.64. The Morgan fingerprint density at radius 1 is 0.750 bits per heavy atom. The van der Waals surface area contributed by atoms with Crippen molar-refractivity contribution in [1.82, 2.24) is 4.90 Å². The molecule has 4 amide bonds. The number of carboxylic acids is 2. The lowest BCUT2D eigenvalue weighted by Gasteiger charge is -2.32. The van der Waals surface area contributed by atoms with Crippen LogP contribution in [0.15, 0.2) is 42.5 Å². The molecule has 3 aromatic carbocycles. The molecule has 0 unspecified atom stereocenters. The maximum Gasteiger partial charge on any atom is 0.335 e. The van der Waals surface area contributed by atoms with Crippen LogP contribution in [0.4, 0.5) is 5.69 Å². The number of hydrogen-bond acceptors (Lipinski definition) is 6. The van der Waals surface area contributed by atoms with E-state index in [-0.39, 0.29) is 68.7 Å². The predicted octanol–water partition coefficient (Wildman–Crippen LogP) is 3.45. The highest BCUT2D eigenvalue weighted by molar-refractivity contribution is 6.42. The highest BCUT2D eigenvalue weighted by Crippen LogP contribution is 2.40. The van der Waals surface area contributed by atoms with Gasteiger partial charge in [-0.1, -0.05) is 11.6 Å². The number of hydrogen-bond donors (Lipinski definition) is 2. The van der Waals surface area contributed by atoms with Crippen molar-refractivity contribution in [3.8, 4) is 0 Å². The maximum absolute atomic E-state index is 13.5. The SMILES string of the molecule is O=C(O)CCCN1C(=O)c2ccc3c4c(ccc(c24)C1=O)C(=O)N(c1cc(C(=O)O)ccc1Cl)C3=O. The summed E-state index contributed by atoms with van der Waals surface area (Å²) in [7, 11) is 0. The molecule has 5 rings (SSSR count). The van der Waals surface area contributed by atoms with Crippen LogP contribution < -0.4 is 4.90 Å². The van der Waals surface area contributed by atoms with Gasteiger partial charge in [0, 0.05) is 46.0 Å². The number of aromatic carboxylic acids is 1. The van der Waals surface area contributed by atoms with E-state index in [1.54, 1.807) is 0 Å². The number of rotatable bonds is 6. The minimum Gasteiger partial charge on any atom is -0.481 e. The first-order chi connectivity index (χ1) is 17.1. The van der Waals surface area contributed by atoms with Crippen LogP contribution in [0.5, 0.6) is 0 Å². The second-order valence-electron chi connectivity index (χ2n) is 8.25. The highest BCUT2D eigenvalue weighted by atomic mass is 35.5. The summed E-state index contributed by atoms with van der Waals surface area (Å²) in [5.74, 6) is -5.20. The van der Waals surface area contributed by atoms with Gasteiger partial charge in [0.05, 0.1) is 16.3 Å². The lowest BCUT2D eigenvalue weighted by molar-refractivity contribution is -0.137. The number of carbonyl (C=O) groups is 6. The van der Waals surface area contributed by atoms with Crippen molar-refractivity contribution < 1.29 is 39.0 Å². The molecule has 0 bridgehead atoms. The molecule has 11 heteroatoms. The first-order valence-corrected chi connectivity index (χ1v) is 11.1. The van der Waals surface area contributed by atoms with Crippen molar-refractivity contribution in [2.45, 2.75) is 12.8 Å². The molecule has 2 aliphatic heterocycles. The summed E-state index contributed by atoms with van der Waals surface area (Å²) in [6.07, 6.45) is -0.148. The fraction of sp³-hybridized carbons (Fsp3) is 0.120. The van der Waals surface area contributed by atoms with Crippen molar-refractivity contribution >= 4 is 63.6 Å². The lowest BCUT2D eigenvalue weighted by atomic mass is 9.85. The summed E-state index contributed by atoms with van der Waals surface area (Å²) < 4.78 is 0. The van der Waals surface area contributed by atoms with Crippen molar-refractivity contribution in [2.75, 3.05) is 11.4 Å². The molecular formula is C25H15ClN2O8. The topological polar surface area (TPSA) is 149 Å². The van der Waals surface area contributed by atoms with E-state index in [0.717, 1.165) is 15.9 Å². The fourth-order valence-electron chi connectivity index (χ4n) is 4.55. The van der Waals surface area contributed by atoms with Gasteiger partial charge < -0.3 is 10.2 Å². The van der Waals surface area contributed by atoms with E-state index in [1.165, 1.54) is 36.4 Å². The molecule has 0 spiro atoms. The second-order valence-corrected chi connectivity index (χ2v) is 8.65. The van der Waals surface area contributed by atoms with Gasteiger partial charge in [0.1, 0.15) is 0 Å². The zero-order valence-corrected chi connectivity index (χ0v) is 19.0. The normalized spacial score (nSPS) is 14.6. The molecule has 3 aromatic rings. The minimum absolute atomic E-state index is 0.0156. The molecule has 2 heterocycles. The third kappa shape index (κ3) is 3.34. The number of aliphatic carboxylic acids is 1. The lowest BCUT2D eigenvalue weighted by Crippen LogP contribution is -2.43. The summed E-state index contributed by atoms with van der Waals surface area (Å²) >= 11 is 6.22. The molecule has 0 saturated heterocycles. The molecule has 0 radical (unpaired) electrons. The van der Waals surface area contributed by atoms with Gasteiger partial charge in [0.2, 0.25) is 0 Å². The molecule has 2 aliphatic rings. The Morgan fingerprint density at radius 2 is 1.25 bits per heavy atom. The summed E-state index contributed by atoms with van der Waals surface area (Å²) in [5, 5.41) is 18.5. The number of carboxylic acid groups (broad SMARTS) is 2. The van der Waals surface area contributed by atoms with Crippen LogP contribution in [-0.4, -0.2) is 57.2 Å². The Hall–Kier alpha value is -4.57. The Bertz CT molecular complexity index is 1510. The molecule has 0 aromatic heterocycles. The van der Waals surface area contributed by atoms with E-state index < -0.39 is 35.6 Å². The van der Waals surface area contributed by atoms with Crippen LogP contribution in [-0.2, 0) is 4.79 Å². The van der Waals surface area contributed by atoms with E-state index in [2.05, 4.69) is 0 Å². The van der Waals surface area contributed by atoms with E-state index in [9.17, 15) is 33.9 Å². The van der Waals surface area contributed by atoms with Crippen LogP contribution in [0, 0.1) is 0 Å². The Morgan fingerprint density at radius 3 is 1.72 bits per heavy atom. The first-order valence-electron chi connectivity index (χ1n) is 10.7. The van der Waals surface area contributed by atoms with Crippen molar-refractivity contribution in [1.29, 1.82) is 0 Å². The van der Waals surface area contributed by atoms with Gasteiger partial charge in [-0.05, 0) is 48.9 Å². The van der Waals surface area contributed by atoms with Gasteiger partial charge in [0.25, 0.3) is 23.6 Å². The number of imide groups is 2. The number of benzene rings is 3. The predicted molar refractivity (Wildman–Crippen MR) is 126 cm³/mol. The summed E-state index contributed by atoms with van der Waals surface area (Å²) in [5.41, 5.74) is 0.0254. The third-order valence-corrected chi connectivity index (χ3v) is 6.50. The van der Waals surface area contributed by atoms with E-state index in [4.69, 9.17) is 16.7 Å². The summed E-state index contributed by atoms with van der Waals surface area (Å²) in [4.78, 5) is 77.2. The zero-order valence-electron chi connectivity index (χ0n) is 18.3. The van der Waals surface area contributed by atoms with Gasteiger partial charge in [-0.2, -0.15) is 0 Å². The first kappa shape index (κ1) is 23.2. The van der Waals surface area contributed by atoms with E-state index >= 15 is 0 Å². The van der Waals surface area contributed by atoms with E-state index in [1.807, 2.05) is 0 Å². The van der Waals surface area contributed by atoms with E-state index in [0.29, 0.717) is 0 Å². The van der Waals surface area contributed by atoms with Crippen molar-refractivity contribution in [3.05, 3.63) is 75.3 Å². The minimum atomic E-state index is -1.27. The maximum atomic E-state index is 13.5. The quantitative estimate of drug-likeness (QED) is 0.483. The molecule has 180 valence electrons. The molecule has 0 atom stereocenters. The van der Waals surface area contributed by atoms with Crippen LogP contribution in [0.1, 0.15) is 64.6 Å². The van der Waals surface area contributed by atoms with Gasteiger partial charge in [-0.15, -0.1) is 0 Å². The monoisotopic (exact) mass is 506 g/mol. The fourth-order valence-corrected chi connectivity index (χ4v) is 4.75. The molecule has 2 N–H and O–H groups in total. The Kier molecular flexibility index (Phi) is 5.33. The smallest absolute Gasteiger partial charge is 0.335 e. The molecular weight excluding hydrogens is 492 g/mol. The van der Waals surface area contributed by atoms with Crippen LogP contribution in [0.2, 0.25) is 5.02 Å². The molecule has 0 aliphatic carbocycles. The van der Waals surface area contributed by atoms with Gasteiger partial charge in [-0.25, -0.2) is 9.69 Å². The number of carbonyl (C=O) groups excluding carboxylic acids is 4. The number of nitrogens with zero attached hydrogens (tertiary/aromatic N) is 2. The van der Waals surface area contributed by atoms with Crippen molar-refractivity contribution in [3.63, 3.8) is 0 Å². The standard InChI is InChI=1S/C25H15ClN2O8/c26-16-8-3-11(25(35)36)10-17(16)28-23(33)14-6-4-12-19-13(5-7-15(20(14)19)24(28)34)22(32)27(21(12)31)9-1-2-18(29)30/h3-8,10H,1-2,9H2,(H,29,30)(H,35,36). The average Bonchev–Trinajstić information content (AvgIpc) is 2.84. The van der Waals surface area contributed by atoms with Gasteiger partial charge in [-0.3, -0.25) is 28.9 Å². The molecule has 10 nitrogen and oxygen atoms in total. The Labute approximate surface area is 207 Å². The van der Waals surface area contributed by atoms with Gasteiger partial charge in [0.15, 0.2) is 0 Å². The van der Waals surface area contributed by atoms with Gasteiger partial charge >= 0.3 is 11.9 Å². The molecule has 0 saturated carbocycles. The molecule has 0 fully saturated rings. The highest BCUT2D eigenvalue weighted by Gasteiger charge is 2.40. The number of amides is 4. The summed E-state index contributed by atoms with van der Waals surface area (Å²) in [6.45, 7) is -0.0988. The third-order valence-electron chi connectivity index (χ3n) is 6.19. The van der Waals surface area contributed by atoms with Crippen LogP contribution in [0.3, 0.4) is 0 Å². The largest absolute Gasteiger partial charge is 0.481 e. The summed E-state index contributed by atoms with van der Waals surface area (Å²) in [6, 6.07) is 9.13. The second kappa shape index (κ2) is 8.28. The van der Waals surface area contributed by atoms with Crippen LogP contribution in [0.25, 0.3) is 10.8 Å². The van der Waals surface area contributed by atoms with Crippen molar-refractivity contribution in [2.24, 2.45) is 0 Å². The van der Waals surface area contributed by atoms with Crippen LogP contribution >= 0.6 is 11.6 Å². The number of anilines is 1. The molecule has 36 heavy (non-hydrogen) atoms.